The van der Waals surface area contributed by atoms with Crippen LogP contribution in [0.5, 0.6) is 5.75 Å². The highest BCUT2D eigenvalue weighted by atomic mass is 35.5. The maximum atomic E-state index is 12.5. The van der Waals surface area contributed by atoms with Crippen molar-refractivity contribution in [2.45, 2.75) is 13.3 Å². The smallest absolute Gasteiger partial charge is 0.321 e. The lowest BCUT2D eigenvalue weighted by molar-refractivity contribution is 0.148. The molecule has 27 heavy (non-hydrogen) atoms. The topological polar surface area (TPSA) is 44.8 Å². The highest BCUT2D eigenvalue weighted by Gasteiger charge is 2.21. The summed E-state index contributed by atoms with van der Waals surface area (Å²) in [5.74, 6) is 0.937. The van der Waals surface area contributed by atoms with Crippen LogP contribution in [0.3, 0.4) is 0 Å². The molecule has 1 N–H and O–H groups in total. The van der Waals surface area contributed by atoms with E-state index in [1.807, 2.05) is 42.2 Å². The fourth-order valence-corrected chi connectivity index (χ4v) is 3.46. The number of benzene rings is 2. The molecule has 2 aromatic carbocycles. The van der Waals surface area contributed by atoms with Gasteiger partial charge in [-0.2, -0.15) is 0 Å². The first-order valence-corrected chi connectivity index (χ1v) is 9.61. The molecule has 0 aromatic heterocycles. The Morgan fingerprint density at radius 3 is 2.63 bits per heavy atom. The Balaban J connectivity index is 1.48. The minimum atomic E-state index is -0.0651. The number of carbonyl (C=O) groups excluding carboxylic acids is 1. The molecule has 1 heterocycles. The number of rotatable bonds is 5. The number of para-hydroxylation sites is 1. The van der Waals surface area contributed by atoms with Gasteiger partial charge < -0.3 is 15.0 Å². The van der Waals surface area contributed by atoms with Gasteiger partial charge in [-0.25, -0.2) is 4.79 Å². The fraction of sp³-hybridized carbons (Fsp3) is 0.381. The minimum absolute atomic E-state index is 0.0651. The summed E-state index contributed by atoms with van der Waals surface area (Å²) in [6.07, 6.45) is 0.942. The van der Waals surface area contributed by atoms with Gasteiger partial charge in [0.05, 0.1) is 7.11 Å². The van der Waals surface area contributed by atoms with Gasteiger partial charge in [0.25, 0.3) is 0 Å². The van der Waals surface area contributed by atoms with Crippen LogP contribution in [0.15, 0.2) is 42.5 Å². The number of aryl methyl sites for hydroxylation is 1. The van der Waals surface area contributed by atoms with Gasteiger partial charge in [-0.3, -0.25) is 4.90 Å². The van der Waals surface area contributed by atoms with Crippen LogP contribution in [0.25, 0.3) is 0 Å². The summed E-state index contributed by atoms with van der Waals surface area (Å²) >= 11 is 6.03. The Morgan fingerprint density at radius 2 is 1.89 bits per heavy atom. The normalized spacial score (nSPS) is 14.9. The van der Waals surface area contributed by atoms with Gasteiger partial charge in [0.1, 0.15) is 5.75 Å². The highest BCUT2D eigenvalue weighted by Crippen LogP contribution is 2.21. The Labute approximate surface area is 165 Å². The van der Waals surface area contributed by atoms with E-state index in [4.69, 9.17) is 16.3 Å². The van der Waals surface area contributed by atoms with Crippen molar-refractivity contribution in [3.63, 3.8) is 0 Å². The summed E-state index contributed by atoms with van der Waals surface area (Å²) < 4.78 is 5.42. The number of ether oxygens (including phenoxy) is 1. The van der Waals surface area contributed by atoms with Crippen molar-refractivity contribution in [3.05, 3.63) is 58.6 Å². The number of piperazine rings is 1. The molecular formula is C21H26ClN3O2. The second-order valence-corrected chi connectivity index (χ2v) is 7.22. The second kappa shape index (κ2) is 9.11. The first-order valence-electron chi connectivity index (χ1n) is 9.23. The zero-order valence-corrected chi connectivity index (χ0v) is 16.6. The standard InChI is InChI=1S/C21H26ClN3O2/c1-16-7-8-18(22)15-19(16)23-21(26)25-13-11-24(12-14-25)10-9-17-5-3-4-6-20(17)27-2/h3-8,15H,9-14H2,1-2H3,(H,23,26). The molecule has 0 aliphatic carbocycles. The molecule has 1 fully saturated rings. The molecule has 1 aliphatic heterocycles. The molecule has 0 bridgehead atoms. The molecule has 2 aromatic rings. The van der Waals surface area contributed by atoms with E-state index in [9.17, 15) is 4.79 Å². The Hall–Kier alpha value is -2.24. The summed E-state index contributed by atoms with van der Waals surface area (Å²) in [5.41, 5.74) is 2.99. The van der Waals surface area contributed by atoms with E-state index in [2.05, 4.69) is 16.3 Å². The summed E-state index contributed by atoms with van der Waals surface area (Å²) in [6.45, 7) is 6.11. The molecule has 0 spiro atoms. The number of carbonyl (C=O) groups is 1. The number of halogens is 1. The zero-order chi connectivity index (χ0) is 19.2. The molecule has 144 valence electrons. The van der Waals surface area contributed by atoms with E-state index in [1.54, 1.807) is 13.2 Å². The van der Waals surface area contributed by atoms with Crippen molar-refractivity contribution in [1.82, 2.24) is 9.80 Å². The first-order chi connectivity index (χ1) is 13.1. The number of nitrogens with one attached hydrogen (secondary N) is 1. The van der Waals surface area contributed by atoms with Crippen LogP contribution in [-0.2, 0) is 6.42 Å². The largest absolute Gasteiger partial charge is 0.496 e. The van der Waals surface area contributed by atoms with Crippen LogP contribution in [-0.4, -0.2) is 55.7 Å². The lowest BCUT2D eigenvalue weighted by atomic mass is 10.1. The maximum absolute atomic E-state index is 12.5. The van der Waals surface area contributed by atoms with E-state index in [1.165, 1.54) is 5.56 Å². The number of amides is 2. The average molecular weight is 388 g/mol. The number of methoxy groups -OCH3 is 1. The molecule has 6 heteroatoms. The molecule has 1 aliphatic rings. The lowest BCUT2D eigenvalue weighted by Gasteiger charge is -2.34. The van der Waals surface area contributed by atoms with Crippen LogP contribution in [0.1, 0.15) is 11.1 Å². The van der Waals surface area contributed by atoms with Crippen LogP contribution < -0.4 is 10.1 Å². The first kappa shape index (κ1) is 19.5. The minimum Gasteiger partial charge on any atom is -0.496 e. The summed E-state index contributed by atoms with van der Waals surface area (Å²) in [6, 6.07) is 13.6. The van der Waals surface area contributed by atoms with Gasteiger partial charge in [0.2, 0.25) is 0 Å². The van der Waals surface area contributed by atoms with E-state index < -0.39 is 0 Å². The van der Waals surface area contributed by atoms with Crippen LogP contribution >= 0.6 is 11.6 Å². The highest BCUT2D eigenvalue weighted by molar-refractivity contribution is 6.31. The molecule has 0 atom stereocenters. The third-order valence-electron chi connectivity index (χ3n) is 4.99. The summed E-state index contributed by atoms with van der Waals surface area (Å²) in [7, 11) is 1.71. The predicted octanol–water partition coefficient (Wildman–Crippen LogP) is 4.05. The number of anilines is 1. The van der Waals surface area contributed by atoms with Gasteiger partial charge in [-0.1, -0.05) is 35.9 Å². The Kier molecular flexibility index (Phi) is 6.58. The van der Waals surface area contributed by atoms with Crippen LogP contribution in [0.2, 0.25) is 5.02 Å². The van der Waals surface area contributed by atoms with Crippen molar-refractivity contribution in [3.8, 4) is 5.75 Å². The zero-order valence-electron chi connectivity index (χ0n) is 15.9. The SMILES string of the molecule is COc1ccccc1CCN1CCN(C(=O)Nc2cc(Cl)ccc2C)CC1. The van der Waals surface area contributed by atoms with E-state index >= 15 is 0 Å². The van der Waals surface area contributed by atoms with Gasteiger partial charge in [0, 0.05) is 43.4 Å². The van der Waals surface area contributed by atoms with Crippen molar-refractivity contribution < 1.29 is 9.53 Å². The maximum Gasteiger partial charge on any atom is 0.321 e. The average Bonchev–Trinajstić information content (AvgIpc) is 2.69. The number of hydrogen-bond donors (Lipinski definition) is 1. The van der Waals surface area contributed by atoms with Crippen molar-refractivity contribution in [1.29, 1.82) is 0 Å². The third-order valence-corrected chi connectivity index (χ3v) is 5.23. The van der Waals surface area contributed by atoms with E-state index in [-0.39, 0.29) is 6.03 Å². The van der Waals surface area contributed by atoms with E-state index in [0.29, 0.717) is 5.02 Å². The molecule has 0 saturated carbocycles. The molecule has 0 radical (unpaired) electrons. The molecule has 5 nitrogen and oxygen atoms in total. The number of urea groups is 1. The van der Waals surface area contributed by atoms with Crippen molar-refractivity contribution in [2.24, 2.45) is 0 Å². The van der Waals surface area contributed by atoms with Crippen molar-refractivity contribution in [2.75, 3.05) is 45.2 Å². The molecular weight excluding hydrogens is 362 g/mol. The van der Waals surface area contributed by atoms with Gasteiger partial charge in [-0.15, -0.1) is 0 Å². The van der Waals surface area contributed by atoms with Crippen LogP contribution in [0, 0.1) is 6.92 Å². The number of hydrogen-bond acceptors (Lipinski definition) is 3. The second-order valence-electron chi connectivity index (χ2n) is 6.78. The molecule has 2 amide bonds. The summed E-state index contributed by atoms with van der Waals surface area (Å²) in [4.78, 5) is 16.8. The molecule has 1 saturated heterocycles. The monoisotopic (exact) mass is 387 g/mol. The quantitative estimate of drug-likeness (QED) is 0.841. The summed E-state index contributed by atoms with van der Waals surface area (Å²) in [5, 5.41) is 3.60. The van der Waals surface area contributed by atoms with E-state index in [0.717, 1.165) is 56.1 Å². The van der Waals surface area contributed by atoms with Crippen LogP contribution in [0.4, 0.5) is 10.5 Å². The fourth-order valence-electron chi connectivity index (χ4n) is 3.29. The van der Waals surface area contributed by atoms with Gasteiger partial charge in [-0.05, 0) is 42.7 Å². The lowest BCUT2D eigenvalue weighted by Crippen LogP contribution is -2.50. The van der Waals surface area contributed by atoms with Gasteiger partial charge in [0.15, 0.2) is 0 Å². The Bertz CT molecular complexity index is 789. The third kappa shape index (κ3) is 5.15. The van der Waals surface area contributed by atoms with Gasteiger partial charge >= 0.3 is 6.03 Å². The molecule has 3 rings (SSSR count). The molecule has 0 unspecified atom stereocenters. The predicted molar refractivity (Wildman–Crippen MR) is 110 cm³/mol. The Morgan fingerprint density at radius 1 is 1.15 bits per heavy atom. The number of nitrogens with zero attached hydrogens (tertiary/aromatic N) is 2. The van der Waals surface area contributed by atoms with Crippen molar-refractivity contribution >= 4 is 23.3 Å².